The maximum atomic E-state index is 5.72. The molecular formula is C24H24N6O2. The van der Waals surface area contributed by atoms with Crippen molar-refractivity contribution in [2.45, 2.75) is 31.2 Å². The van der Waals surface area contributed by atoms with E-state index in [9.17, 15) is 0 Å². The van der Waals surface area contributed by atoms with Gasteiger partial charge in [0.25, 0.3) is 5.89 Å². The van der Waals surface area contributed by atoms with E-state index in [1.165, 1.54) is 5.56 Å². The van der Waals surface area contributed by atoms with Crippen LogP contribution in [0.25, 0.3) is 22.6 Å². The molecule has 1 saturated heterocycles. The van der Waals surface area contributed by atoms with Crippen molar-refractivity contribution in [2.75, 3.05) is 18.9 Å². The second-order valence-corrected chi connectivity index (χ2v) is 8.85. The highest BCUT2D eigenvalue weighted by molar-refractivity contribution is 5.64. The summed E-state index contributed by atoms with van der Waals surface area (Å²) in [4.78, 5) is 9.01. The highest BCUT2D eigenvalue weighted by Crippen LogP contribution is 2.50. The Bertz CT molecular complexity index is 1240. The Balaban J connectivity index is 1.31. The summed E-state index contributed by atoms with van der Waals surface area (Å²) in [5, 5.41) is 8.84. The van der Waals surface area contributed by atoms with Gasteiger partial charge in [0.1, 0.15) is 5.82 Å². The van der Waals surface area contributed by atoms with Crippen LogP contribution >= 0.6 is 0 Å². The van der Waals surface area contributed by atoms with Crippen molar-refractivity contribution in [2.24, 2.45) is 5.92 Å². The van der Waals surface area contributed by atoms with Crippen LogP contribution in [-0.4, -0.2) is 38.1 Å². The van der Waals surface area contributed by atoms with Crippen LogP contribution in [0.3, 0.4) is 0 Å². The fraction of sp³-hybridized carbons (Fsp3) is 0.333. The topological polar surface area (TPSA) is 105 Å². The number of benzene rings is 1. The minimum absolute atomic E-state index is 0.289. The SMILES string of the molecule is C[C@@](c1ccc(-c2ccc(N)nc2)cc1)(c1noc(-c2cnn(C3COC3)c2)n1)C1CC1. The average Bonchev–Trinajstić information content (AvgIpc) is 3.33. The summed E-state index contributed by atoms with van der Waals surface area (Å²) in [6, 6.07) is 12.7. The Morgan fingerprint density at radius 3 is 2.44 bits per heavy atom. The minimum atomic E-state index is -0.308. The minimum Gasteiger partial charge on any atom is -0.384 e. The average molecular weight is 428 g/mol. The maximum Gasteiger partial charge on any atom is 0.261 e. The fourth-order valence-electron chi connectivity index (χ4n) is 4.37. The summed E-state index contributed by atoms with van der Waals surface area (Å²) >= 11 is 0. The molecule has 0 spiro atoms. The zero-order valence-corrected chi connectivity index (χ0v) is 17.8. The van der Waals surface area contributed by atoms with Gasteiger partial charge in [0, 0.05) is 18.0 Å². The molecule has 2 N–H and O–H groups in total. The number of aromatic nitrogens is 5. The number of hydrogen-bond donors (Lipinski definition) is 1. The van der Waals surface area contributed by atoms with Gasteiger partial charge in [0.2, 0.25) is 0 Å². The van der Waals surface area contributed by atoms with Gasteiger partial charge in [0.15, 0.2) is 5.82 Å². The molecule has 1 aromatic carbocycles. The van der Waals surface area contributed by atoms with E-state index in [1.807, 2.05) is 23.0 Å². The molecule has 32 heavy (non-hydrogen) atoms. The second kappa shape index (κ2) is 7.27. The predicted octanol–water partition coefficient (Wildman–Crippen LogP) is 3.86. The fourth-order valence-corrected chi connectivity index (χ4v) is 4.37. The molecule has 4 heterocycles. The summed E-state index contributed by atoms with van der Waals surface area (Å²) < 4.78 is 12.8. The standard InChI is InChI=1S/C24H24N6O2/c1-24(19-7-8-19,18-5-2-15(3-6-18)16-4-9-21(25)26-10-16)23-28-22(32-29-23)17-11-27-30(12-17)20-13-31-14-20/h2-6,9-12,19-20H,7-8,13-14H2,1H3,(H2,25,26)/t24-/m0/s1. The molecule has 0 radical (unpaired) electrons. The highest BCUT2D eigenvalue weighted by atomic mass is 16.5. The number of hydrogen-bond acceptors (Lipinski definition) is 7. The van der Waals surface area contributed by atoms with Gasteiger partial charge >= 0.3 is 0 Å². The molecule has 2 aliphatic rings. The molecule has 4 aromatic rings. The van der Waals surface area contributed by atoms with E-state index < -0.39 is 0 Å². The summed E-state index contributed by atoms with van der Waals surface area (Å²) in [6.07, 6.45) is 7.84. The molecule has 1 aliphatic heterocycles. The van der Waals surface area contributed by atoms with Gasteiger partial charge < -0.3 is 15.0 Å². The third kappa shape index (κ3) is 3.18. The second-order valence-electron chi connectivity index (χ2n) is 8.85. The van der Waals surface area contributed by atoms with Gasteiger partial charge in [-0.25, -0.2) is 4.98 Å². The van der Waals surface area contributed by atoms with E-state index in [0.29, 0.717) is 30.8 Å². The van der Waals surface area contributed by atoms with Gasteiger partial charge in [-0.1, -0.05) is 29.4 Å². The van der Waals surface area contributed by atoms with Crippen LogP contribution in [0, 0.1) is 5.92 Å². The van der Waals surface area contributed by atoms with Crippen molar-refractivity contribution in [1.82, 2.24) is 24.9 Å². The number of nitrogens with two attached hydrogens (primary N) is 1. The summed E-state index contributed by atoms with van der Waals surface area (Å²) in [7, 11) is 0. The molecular weight excluding hydrogens is 404 g/mol. The Hall–Kier alpha value is -3.52. The van der Waals surface area contributed by atoms with Crippen molar-refractivity contribution >= 4 is 5.82 Å². The lowest BCUT2D eigenvalue weighted by atomic mass is 9.76. The number of anilines is 1. The van der Waals surface area contributed by atoms with E-state index in [2.05, 4.69) is 46.4 Å². The third-order valence-electron chi connectivity index (χ3n) is 6.73. The Kier molecular flexibility index (Phi) is 4.36. The smallest absolute Gasteiger partial charge is 0.261 e. The molecule has 6 rings (SSSR count). The van der Waals surface area contributed by atoms with Crippen LogP contribution < -0.4 is 5.73 Å². The van der Waals surface area contributed by atoms with Gasteiger partial charge in [-0.2, -0.15) is 10.1 Å². The number of nitrogens with zero attached hydrogens (tertiary/aromatic N) is 5. The molecule has 0 bridgehead atoms. The molecule has 1 atom stereocenters. The van der Waals surface area contributed by atoms with Crippen LogP contribution in [0.5, 0.6) is 0 Å². The van der Waals surface area contributed by atoms with Crippen molar-refractivity contribution in [3.05, 3.63) is 66.4 Å². The van der Waals surface area contributed by atoms with Crippen molar-refractivity contribution < 1.29 is 9.26 Å². The van der Waals surface area contributed by atoms with Gasteiger partial charge in [-0.3, -0.25) is 4.68 Å². The van der Waals surface area contributed by atoms with Crippen LogP contribution in [0.15, 0.2) is 59.5 Å². The first-order chi connectivity index (χ1) is 15.6. The molecule has 2 fully saturated rings. The van der Waals surface area contributed by atoms with Gasteiger partial charge in [-0.15, -0.1) is 0 Å². The van der Waals surface area contributed by atoms with E-state index in [0.717, 1.165) is 35.4 Å². The Morgan fingerprint density at radius 1 is 1.00 bits per heavy atom. The summed E-state index contributed by atoms with van der Waals surface area (Å²) in [5.41, 5.74) is 9.56. The number of ether oxygens (including phenoxy) is 1. The maximum absolute atomic E-state index is 5.72. The normalized spacial score (nSPS) is 18.3. The Labute approximate surface area is 185 Å². The van der Waals surface area contributed by atoms with Crippen LogP contribution in [0.1, 0.15) is 37.2 Å². The number of nitrogen functional groups attached to an aromatic ring is 1. The zero-order chi connectivity index (χ0) is 21.7. The molecule has 0 amide bonds. The van der Waals surface area contributed by atoms with E-state index in [1.54, 1.807) is 12.4 Å². The number of rotatable bonds is 6. The van der Waals surface area contributed by atoms with Gasteiger partial charge in [0.05, 0.1) is 36.4 Å². The van der Waals surface area contributed by atoms with Crippen molar-refractivity contribution in [3.63, 3.8) is 0 Å². The predicted molar refractivity (Wildman–Crippen MR) is 119 cm³/mol. The van der Waals surface area contributed by atoms with E-state index in [4.69, 9.17) is 20.0 Å². The first-order valence-corrected chi connectivity index (χ1v) is 10.9. The van der Waals surface area contributed by atoms with E-state index >= 15 is 0 Å². The number of pyridine rings is 1. The Morgan fingerprint density at radius 2 is 1.78 bits per heavy atom. The van der Waals surface area contributed by atoms with Crippen molar-refractivity contribution in [1.29, 1.82) is 0 Å². The zero-order valence-electron chi connectivity index (χ0n) is 17.8. The molecule has 8 nitrogen and oxygen atoms in total. The monoisotopic (exact) mass is 428 g/mol. The van der Waals surface area contributed by atoms with Crippen LogP contribution in [0.4, 0.5) is 5.82 Å². The largest absolute Gasteiger partial charge is 0.384 e. The van der Waals surface area contributed by atoms with Gasteiger partial charge in [-0.05, 0) is 48.9 Å². The van der Waals surface area contributed by atoms with Crippen LogP contribution in [-0.2, 0) is 10.2 Å². The molecule has 162 valence electrons. The van der Waals surface area contributed by atoms with Crippen molar-refractivity contribution in [3.8, 4) is 22.6 Å². The molecule has 1 aliphatic carbocycles. The molecule has 1 saturated carbocycles. The quantitative estimate of drug-likeness (QED) is 0.497. The summed E-state index contributed by atoms with van der Waals surface area (Å²) in [5.74, 6) is 2.23. The lowest BCUT2D eigenvalue weighted by Gasteiger charge is -2.27. The lowest BCUT2D eigenvalue weighted by Crippen LogP contribution is -2.30. The summed E-state index contributed by atoms with van der Waals surface area (Å²) in [6.45, 7) is 3.60. The highest BCUT2D eigenvalue weighted by Gasteiger charge is 2.47. The molecule has 8 heteroatoms. The molecule has 0 unspecified atom stereocenters. The molecule has 3 aromatic heterocycles. The first kappa shape index (κ1) is 19.2. The third-order valence-corrected chi connectivity index (χ3v) is 6.73. The van der Waals surface area contributed by atoms with Crippen LogP contribution in [0.2, 0.25) is 0 Å². The first-order valence-electron chi connectivity index (χ1n) is 10.9. The van der Waals surface area contributed by atoms with E-state index in [-0.39, 0.29) is 11.5 Å². The lowest BCUT2D eigenvalue weighted by molar-refractivity contribution is -0.0286.